The summed E-state index contributed by atoms with van der Waals surface area (Å²) in [6.07, 6.45) is 0.289. The van der Waals surface area contributed by atoms with Gasteiger partial charge in [0.2, 0.25) is 5.91 Å². The molecule has 0 saturated heterocycles. The molecule has 1 N–H and O–H groups in total. The fourth-order valence-corrected chi connectivity index (χ4v) is 1.87. The van der Waals surface area contributed by atoms with Crippen molar-refractivity contribution in [2.45, 2.75) is 6.42 Å². The van der Waals surface area contributed by atoms with Crippen LogP contribution >= 0.6 is 11.6 Å². The van der Waals surface area contributed by atoms with Crippen LogP contribution in [0.25, 0.3) is 0 Å². The average molecular weight is 275 g/mol. The fraction of sp³-hybridized carbons (Fsp3) is 0.133. The van der Waals surface area contributed by atoms with Crippen LogP contribution in [-0.4, -0.2) is 11.8 Å². The topological polar surface area (TPSA) is 32.3 Å². The highest BCUT2D eigenvalue weighted by molar-refractivity contribution is 6.18. The van der Waals surface area contributed by atoms with Crippen LogP contribution in [0.4, 0.5) is 11.4 Å². The molecule has 0 aromatic heterocycles. The molecule has 4 heteroatoms. The van der Waals surface area contributed by atoms with Crippen molar-refractivity contribution in [3.8, 4) is 0 Å². The molecular weight excluding hydrogens is 260 g/mol. The molecule has 0 fully saturated rings. The molecule has 0 aliphatic carbocycles. The van der Waals surface area contributed by atoms with Crippen molar-refractivity contribution < 1.29 is 4.79 Å². The summed E-state index contributed by atoms with van der Waals surface area (Å²) in [7, 11) is 0. The molecule has 0 unspecified atom stereocenters. The van der Waals surface area contributed by atoms with Crippen LogP contribution in [0.15, 0.2) is 60.7 Å². The number of carbonyl (C=O) groups is 1. The van der Waals surface area contributed by atoms with Crippen LogP contribution in [0.3, 0.4) is 0 Å². The summed E-state index contributed by atoms with van der Waals surface area (Å²) < 4.78 is 0. The molecule has 2 rings (SSSR count). The Balaban J connectivity index is 2.26. The molecule has 0 spiro atoms. The molecule has 2 aromatic rings. The van der Waals surface area contributed by atoms with E-state index in [2.05, 4.69) is 5.43 Å². The van der Waals surface area contributed by atoms with E-state index in [4.69, 9.17) is 11.6 Å². The van der Waals surface area contributed by atoms with Gasteiger partial charge < -0.3 is 0 Å². The van der Waals surface area contributed by atoms with E-state index in [0.29, 0.717) is 5.88 Å². The minimum Gasteiger partial charge on any atom is -0.273 e. The summed E-state index contributed by atoms with van der Waals surface area (Å²) in [5.74, 6) is 0.200. The number of para-hydroxylation sites is 2. The Bertz CT molecular complexity index is 477. The summed E-state index contributed by atoms with van der Waals surface area (Å²) in [6, 6.07) is 19.3. The summed E-state index contributed by atoms with van der Waals surface area (Å²) >= 11 is 5.59. The monoisotopic (exact) mass is 274 g/mol. The number of hydrazine groups is 1. The van der Waals surface area contributed by atoms with Crippen LogP contribution in [0.2, 0.25) is 0 Å². The first-order valence-corrected chi connectivity index (χ1v) is 6.60. The maximum Gasteiger partial charge on any atom is 0.240 e. The first-order valence-electron chi connectivity index (χ1n) is 6.07. The van der Waals surface area contributed by atoms with Crippen LogP contribution in [-0.2, 0) is 4.79 Å². The summed E-state index contributed by atoms with van der Waals surface area (Å²) in [5, 5.41) is 1.76. The van der Waals surface area contributed by atoms with Crippen LogP contribution in [0.1, 0.15) is 6.42 Å². The minimum absolute atomic E-state index is 0.109. The Morgan fingerprint density at radius 2 is 1.42 bits per heavy atom. The molecule has 0 atom stereocenters. The van der Waals surface area contributed by atoms with Gasteiger partial charge in [0.05, 0.1) is 11.4 Å². The standard InChI is InChI=1S/C15H15ClN2O/c16-12-11-15(19)17-18(13-7-3-1-4-8-13)14-9-5-2-6-10-14/h1-10H,11-12H2,(H,17,19). The van der Waals surface area contributed by atoms with Gasteiger partial charge in [-0.1, -0.05) is 36.4 Å². The predicted molar refractivity (Wildman–Crippen MR) is 78.5 cm³/mol. The third kappa shape index (κ3) is 3.73. The Morgan fingerprint density at radius 3 is 1.84 bits per heavy atom. The van der Waals surface area contributed by atoms with Gasteiger partial charge >= 0.3 is 0 Å². The summed E-state index contributed by atoms with van der Waals surface area (Å²) in [5.41, 5.74) is 4.66. The Kier molecular flexibility index (Phi) is 4.81. The molecular formula is C15H15ClN2O. The molecule has 0 heterocycles. The molecule has 19 heavy (non-hydrogen) atoms. The van der Waals surface area contributed by atoms with Gasteiger partial charge in [-0.3, -0.25) is 15.2 Å². The number of anilines is 2. The third-order valence-electron chi connectivity index (χ3n) is 2.59. The van der Waals surface area contributed by atoms with Crippen molar-refractivity contribution >= 4 is 28.9 Å². The smallest absolute Gasteiger partial charge is 0.240 e. The van der Waals surface area contributed by atoms with Crippen molar-refractivity contribution in [2.75, 3.05) is 10.9 Å². The van der Waals surface area contributed by atoms with Gasteiger partial charge in [0.25, 0.3) is 0 Å². The third-order valence-corrected chi connectivity index (χ3v) is 2.78. The molecule has 1 amide bonds. The number of nitrogens with one attached hydrogen (secondary N) is 1. The number of alkyl halides is 1. The number of hydrogen-bond donors (Lipinski definition) is 1. The number of halogens is 1. The van der Waals surface area contributed by atoms with E-state index in [1.54, 1.807) is 5.01 Å². The average Bonchev–Trinajstić information content (AvgIpc) is 2.47. The minimum atomic E-state index is -0.109. The van der Waals surface area contributed by atoms with E-state index in [9.17, 15) is 4.79 Å². The van der Waals surface area contributed by atoms with Gasteiger partial charge in [-0.2, -0.15) is 0 Å². The lowest BCUT2D eigenvalue weighted by molar-refractivity contribution is -0.120. The molecule has 0 aliphatic rings. The Morgan fingerprint density at radius 1 is 0.947 bits per heavy atom. The number of hydrogen-bond acceptors (Lipinski definition) is 2. The lowest BCUT2D eigenvalue weighted by Gasteiger charge is -2.25. The number of benzene rings is 2. The van der Waals surface area contributed by atoms with E-state index in [0.717, 1.165) is 11.4 Å². The lowest BCUT2D eigenvalue weighted by atomic mass is 10.2. The van der Waals surface area contributed by atoms with Crippen LogP contribution in [0, 0.1) is 0 Å². The van der Waals surface area contributed by atoms with Gasteiger partial charge in [-0.15, -0.1) is 11.6 Å². The van der Waals surface area contributed by atoms with E-state index < -0.39 is 0 Å². The normalized spacial score (nSPS) is 9.95. The molecule has 2 aromatic carbocycles. The summed E-state index contributed by atoms with van der Waals surface area (Å²) in [4.78, 5) is 11.8. The number of amides is 1. The maximum atomic E-state index is 11.8. The maximum absolute atomic E-state index is 11.8. The van der Waals surface area contributed by atoms with Gasteiger partial charge in [0, 0.05) is 12.3 Å². The van der Waals surface area contributed by atoms with Crippen molar-refractivity contribution in [2.24, 2.45) is 0 Å². The fourth-order valence-electron chi connectivity index (χ4n) is 1.70. The number of rotatable bonds is 5. The Hall–Kier alpha value is -2.00. The molecule has 0 bridgehead atoms. The van der Waals surface area contributed by atoms with Crippen molar-refractivity contribution in [1.29, 1.82) is 0 Å². The van der Waals surface area contributed by atoms with Gasteiger partial charge in [0.15, 0.2) is 0 Å². The molecule has 3 nitrogen and oxygen atoms in total. The zero-order valence-corrected chi connectivity index (χ0v) is 11.2. The quantitative estimate of drug-likeness (QED) is 0.669. The second-order valence-electron chi connectivity index (χ2n) is 3.98. The van der Waals surface area contributed by atoms with E-state index in [1.165, 1.54) is 0 Å². The molecule has 0 saturated carbocycles. The largest absolute Gasteiger partial charge is 0.273 e. The van der Waals surface area contributed by atoms with Crippen molar-refractivity contribution in [1.82, 2.24) is 5.43 Å². The molecule has 0 aliphatic heterocycles. The second-order valence-corrected chi connectivity index (χ2v) is 4.36. The highest BCUT2D eigenvalue weighted by Crippen LogP contribution is 2.22. The number of carbonyl (C=O) groups excluding carboxylic acids is 1. The van der Waals surface area contributed by atoms with E-state index in [1.807, 2.05) is 60.7 Å². The molecule has 0 radical (unpaired) electrons. The van der Waals surface area contributed by atoms with Crippen LogP contribution in [0.5, 0.6) is 0 Å². The SMILES string of the molecule is O=C(CCCl)NN(c1ccccc1)c1ccccc1. The zero-order valence-electron chi connectivity index (χ0n) is 10.4. The molecule has 98 valence electrons. The zero-order chi connectivity index (χ0) is 13.5. The van der Waals surface area contributed by atoms with Gasteiger partial charge in [0.1, 0.15) is 0 Å². The van der Waals surface area contributed by atoms with Gasteiger partial charge in [-0.25, -0.2) is 0 Å². The summed E-state index contributed by atoms with van der Waals surface area (Å²) in [6.45, 7) is 0. The van der Waals surface area contributed by atoms with Gasteiger partial charge in [-0.05, 0) is 24.3 Å². The Labute approximate surface area is 117 Å². The second kappa shape index (κ2) is 6.81. The van der Waals surface area contributed by atoms with Crippen molar-refractivity contribution in [3.63, 3.8) is 0 Å². The first kappa shape index (κ1) is 13.4. The first-order chi connectivity index (χ1) is 9.31. The van der Waals surface area contributed by atoms with E-state index in [-0.39, 0.29) is 12.3 Å². The predicted octanol–water partition coefficient (Wildman–Crippen LogP) is 3.48. The van der Waals surface area contributed by atoms with Crippen LogP contribution < -0.4 is 10.4 Å². The highest BCUT2D eigenvalue weighted by atomic mass is 35.5. The van der Waals surface area contributed by atoms with Crippen molar-refractivity contribution in [3.05, 3.63) is 60.7 Å². The highest BCUT2D eigenvalue weighted by Gasteiger charge is 2.11. The van der Waals surface area contributed by atoms with E-state index >= 15 is 0 Å². The number of nitrogens with zero attached hydrogens (tertiary/aromatic N) is 1. The lowest BCUT2D eigenvalue weighted by Crippen LogP contribution is -2.38.